The summed E-state index contributed by atoms with van der Waals surface area (Å²) in [6.45, 7) is 0.738. The van der Waals surface area contributed by atoms with E-state index >= 15 is 0 Å². The van der Waals surface area contributed by atoms with E-state index in [1.54, 1.807) is 4.90 Å². The van der Waals surface area contributed by atoms with E-state index in [2.05, 4.69) is 24.3 Å². The van der Waals surface area contributed by atoms with Gasteiger partial charge in [-0.05, 0) is 53.1 Å². The number of ether oxygens (including phenoxy) is 1. The van der Waals surface area contributed by atoms with Crippen molar-refractivity contribution in [3.63, 3.8) is 0 Å². The molecule has 1 unspecified atom stereocenters. The number of hydrogen-bond donors (Lipinski definition) is 1. The lowest BCUT2D eigenvalue weighted by Gasteiger charge is -2.36. The van der Waals surface area contributed by atoms with Crippen molar-refractivity contribution >= 4 is 17.7 Å². The van der Waals surface area contributed by atoms with Crippen molar-refractivity contribution in [1.29, 1.82) is 0 Å². The summed E-state index contributed by atoms with van der Waals surface area (Å²) in [5.41, 5.74) is 5.80. The highest BCUT2D eigenvalue weighted by molar-refractivity contribution is 5.90. The molecule has 166 valence electrons. The zero-order chi connectivity index (χ0) is 22.6. The van der Waals surface area contributed by atoms with Crippen LogP contribution in [0.2, 0.25) is 0 Å². The first kappa shape index (κ1) is 20.0. The Morgan fingerprint density at radius 2 is 1.45 bits per heavy atom. The van der Waals surface area contributed by atoms with E-state index in [1.807, 2.05) is 48.5 Å². The molecule has 5 nitrogen and oxygen atoms in total. The molecular weight excluding hydrogens is 414 g/mol. The number of carbonyl (C=O) groups excluding carboxylic acids is 1. The van der Waals surface area contributed by atoms with Gasteiger partial charge in [0.1, 0.15) is 6.61 Å². The second kappa shape index (κ2) is 7.48. The summed E-state index contributed by atoms with van der Waals surface area (Å²) in [5.74, 6) is -0.781. The molecule has 2 aliphatic carbocycles. The van der Waals surface area contributed by atoms with Crippen LogP contribution in [0.1, 0.15) is 47.8 Å². The molecule has 0 aromatic heterocycles. The van der Waals surface area contributed by atoms with E-state index in [9.17, 15) is 14.7 Å². The predicted octanol–water partition coefficient (Wildman–Crippen LogP) is 5.79. The van der Waals surface area contributed by atoms with Gasteiger partial charge in [-0.1, -0.05) is 66.7 Å². The second-order valence-corrected chi connectivity index (χ2v) is 9.32. The maximum absolute atomic E-state index is 13.2. The number of para-hydroxylation sites is 1. The first-order valence-corrected chi connectivity index (χ1v) is 11.5. The first-order valence-electron chi connectivity index (χ1n) is 11.5. The monoisotopic (exact) mass is 439 g/mol. The van der Waals surface area contributed by atoms with Crippen LogP contribution in [0, 0.1) is 5.41 Å². The standard InChI is InChI=1S/C28H25NO4/c30-26(31)28(14-15-28)24-13-16-29(25-12-6-5-11-22(24)25)27(32)33-17-23-20-9-3-1-7-18(20)19-8-2-4-10-21(19)23/h1-12,23-24H,13-17H2,(H,30,31). The van der Waals surface area contributed by atoms with Crippen LogP contribution in [-0.2, 0) is 9.53 Å². The number of amides is 1. The molecule has 5 heteroatoms. The summed E-state index contributed by atoms with van der Waals surface area (Å²) in [6.07, 6.45) is 1.66. The third-order valence-electron chi connectivity index (χ3n) is 7.68. The SMILES string of the molecule is O=C(OCC1c2ccccc2-c2ccccc21)N1CCC(C2(C(=O)O)CC2)c2ccccc21. The van der Waals surface area contributed by atoms with E-state index in [0.29, 0.717) is 25.8 Å². The van der Waals surface area contributed by atoms with Crippen LogP contribution in [0.4, 0.5) is 10.5 Å². The van der Waals surface area contributed by atoms with E-state index in [4.69, 9.17) is 4.74 Å². The van der Waals surface area contributed by atoms with E-state index < -0.39 is 11.4 Å². The van der Waals surface area contributed by atoms with Gasteiger partial charge in [0.15, 0.2) is 0 Å². The van der Waals surface area contributed by atoms with Gasteiger partial charge in [-0.3, -0.25) is 9.69 Å². The van der Waals surface area contributed by atoms with Gasteiger partial charge in [-0.2, -0.15) is 0 Å². The molecule has 1 heterocycles. The van der Waals surface area contributed by atoms with Crippen LogP contribution in [0.3, 0.4) is 0 Å². The fourth-order valence-electron chi connectivity index (χ4n) is 5.84. The minimum Gasteiger partial charge on any atom is -0.481 e. The number of carboxylic acids is 1. The number of aliphatic carboxylic acids is 1. The van der Waals surface area contributed by atoms with Crippen molar-refractivity contribution in [3.05, 3.63) is 89.5 Å². The Balaban J connectivity index is 1.24. The van der Waals surface area contributed by atoms with Gasteiger partial charge in [0, 0.05) is 18.4 Å². The van der Waals surface area contributed by atoms with Crippen molar-refractivity contribution in [3.8, 4) is 11.1 Å². The van der Waals surface area contributed by atoms with Crippen LogP contribution in [-0.4, -0.2) is 30.3 Å². The van der Waals surface area contributed by atoms with Crippen LogP contribution in [0.25, 0.3) is 11.1 Å². The fourth-order valence-corrected chi connectivity index (χ4v) is 5.84. The maximum atomic E-state index is 13.2. The zero-order valence-corrected chi connectivity index (χ0v) is 18.2. The normalized spacial score (nSPS) is 19.9. The minimum atomic E-state index is -0.725. The third-order valence-corrected chi connectivity index (χ3v) is 7.68. The van der Waals surface area contributed by atoms with Crippen molar-refractivity contribution in [2.45, 2.75) is 31.1 Å². The number of anilines is 1. The molecule has 1 N–H and O–H groups in total. The molecule has 1 amide bonds. The number of carboxylic acid groups (broad SMARTS) is 1. The molecule has 3 aliphatic rings. The molecule has 0 bridgehead atoms. The largest absolute Gasteiger partial charge is 0.481 e. The van der Waals surface area contributed by atoms with Gasteiger partial charge >= 0.3 is 12.1 Å². The summed E-state index contributed by atoms with van der Waals surface area (Å²) in [5, 5.41) is 9.82. The quantitative estimate of drug-likeness (QED) is 0.558. The van der Waals surface area contributed by atoms with Crippen LogP contribution in [0.5, 0.6) is 0 Å². The van der Waals surface area contributed by atoms with Gasteiger partial charge in [0.05, 0.1) is 11.1 Å². The van der Waals surface area contributed by atoms with Crippen LogP contribution < -0.4 is 4.90 Å². The average Bonchev–Trinajstić information content (AvgIpc) is 3.60. The van der Waals surface area contributed by atoms with Crippen molar-refractivity contribution in [1.82, 2.24) is 0 Å². The smallest absolute Gasteiger partial charge is 0.414 e. The molecule has 1 aliphatic heterocycles. The van der Waals surface area contributed by atoms with Gasteiger partial charge < -0.3 is 9.84 Å². The van der Waals surface area contributed by atoms with Crippen molar-refractivity contribution in [2.24, 2.45) is 5.41 Å². The molecular formula is C28H25NO4. The van der Waals surface area contributed by atoms with Crippen molar-refractivity contribution < 1.29 is 19.4 Å². The average molecular weight is 440 g/mol. The third kappa shape index (κ3) is 3.06. The highest BCUT2D eigenvalue weighted by Crippen LogP contribution is 2.60. The second-order valence-electron chi connectivity index (χ2n) is 9.32. The summed E-state index contributed by atoms with van der Waals surface area (Å²) in [6, 6.07) is 24.3. The highest BCUT2D eigenvalue weighted by Gasteiger charge is 2.57. The van der Waals surface area contributed by atoms with Gasteiger partial charge in [0.25, 0.3) is 0 Å². The number of hydrogen-bond acceptors (Lipinski definition) is 3. The highest BCUT2D eigenvalue weighted by atomic mass is 16.6. The van der Waals surface area contributed by atoms with E-state index in [-0.39, 0.29) is 24.5 Å². The van der Waals surface area contributed by atoms with E-state index in [1.165, 1.54) is 22.3 Å². The number of benzene rings is 3. The van der Waals surface area contributed by atoms with Crippen LogP contribution >= 0.6 is 0 Å². The summed E-state index contributed by atoms with van der Waals surface area (Å²) < 4.78 is 5.89. The summed E-state index contributed by atoms with van der Waals surface area (Å²) in [4.78, 5) is 26.9. The number of carbonyl (C=O) groups is 2. The molecule has 0 spiro atoms. The Bertz CT molecular complexity index is 1220. The molecule has 1 saturated carbocycles. The Labute approximate surface area is 192 Å². The predicted molar refractivity (Wildman–Crippen MR) is 126 cm³/mol. The fraction of sp³-hybridized carbons (Fsp3) is 0.286. The van der Waals surface area contributed by atoms with Gasteiger partial charge in [-0.25, -0.2) is 4.79 Å². The minimum absolute atomic E-state index is 0.0101. The molecule has 1 atom stereocenters. The Hall–Kier alpha value is -3.60. The number of nitrogens with zero attached hydrogens (tertiary/aromatic N) is 1. The Morgan fingerprint density at radius 3 is 2.06 bits per heavy atom. The van der Waals surface area contributed by atoms with Crippen LogP contribution in [0.15, 0.2) is 72.8 Å². The lowest BCUT2D eigenvalue weighted by molar-refractivity contribution is -0.144. The Kier molecular flexibility index (Phi) is 4.54. The zero-order valence-electron chi connectivity index (χ0n) is 18.2. The van der Waals surface area contributed by atoms with Gasteiger partial charge in [0.2, 0.25) is 0 Å². The summed E-state index contributed by atoms with van der Waals surface area (Å²) >= 11 is 0. The maximum Gasteiger partial charge on any atom is 0.414 e. The molecule has 1 fully saturated rings. The Morgan fingerprint density at radius 1 is 0.879 bits per heavy atom. The number of rotatable bonds is 4. The molecule has 3 aromatic carbocycles. The van der Waals surface area contributed by atoms with Crippen molar-refractivity contribution in [2.75, 3.05) is 18.1 Å². The molecule has 6 rings (SSSR count). The first-order chi connectivity index (χ1) is 16.1. The van der Waals surface area contributed by atoms with Gasteiger partial charge in [-0.15, -0.1) is 0 Å². The molecule has 33 heavy (non-hydrogen) atoms. The number of fused-ring (bicyclic) bond motifs is 4. The topological polar surface area (TPSA) is 66.8 Å². The molecule has 0 radical (unpaired) electrons. The molecule has 3 aromatic rings. The lowest BCUT2D eigenvalue weighted by atomic mass is 9.78. The summed E-state index contributed by atoms with van der Waals surface area (Å²) in [7, 11) is 0. The lowest BCUT2D eigenvalue weighted by Crippen LogP contribution is -2.40. The molecule has 0 saturated heterocycles. The van der Waals surface area contributed by atoms with E-state index in [0.717, 1.165) is 11.3 Å².